The number of thioether (sulfide) groups is 1. The van der Waals surface area contributed by atoms with Gasteiger partial charge in [0.05, 0.1) is 16.3 Å². The Hall–Kier alpha value is -0.100. The molecule has 104 valence electrons. The lowest BCUT2D eigenvalue weighted by atomic mass is 9.98. The van der Waals surface area contributed by atoms with Crippen LogP contribution in [-0.4, -0.2) is 34.2 Å². The highest BCUT2D eigenvalue weighted by molar-refractivity contribution is 7.98. The van der Waals surface area contributed by atoms with Crippen LogP contribution in [0.3, 0.4) is 0 Å². The maximum Gasteiger partial charge on any atom is 0.0982 e. The summed E-state index contributed by atoms with van der Waals surface area (Å²) in [5.41, 5.74) is 0.528. The quantitative estimate of drug-likeness (QED) is 0.845. The summed E-state index contributed by atoms with van der Waals surface area (Å²) < 4.78 is 0. The Labute approximate surface area is 118 Å². The smallest absolute Gasteiger partial charge is 0.0982 e. The average molecular weight is 288 g/mol. The molecule has 0 aliphatic rings. The van der Waals surface area contributed by atoms with Crippen LogP contribution in [0.1, 0.15) is 38.4 Å². The van der Waals surface area contributed by atoms with Crippen LogP contribution in [0.2, 0.25) is 0 Å². The van der Waals surface area contributed by atoms with Crippen molar-refractivity contribution in [2.75, 3.05) is 18.6 Å². The number of nitrogens with one attached hydrogen (secondary N) is 1. The predicted octanol–water partition coefficient (Wildman–Crippen LogP) is 2.64. The van der Waals surface area contributed by atoms with E-state index in [2.05, 4.69) is 36.5 Å². The maximum atomic E-state index is 10.0. The number of hydrogen-bond donors (Lipinski definition) is 2. The maximum absolute atomic E-state index is 10.0. The van der Waals surface area contributed by atoms with Crippen molar-refractivity contribution in [1.82, 2.24) is 10.3 Å². The monoisotopic (exact) mass is 288 g/mol. The second-order valence-corrected chi connectivity index (χ2v) is 7.65. The van der Waals surface area contributed by atoms with Crippen LogP contribution in [0.5, 0.6) is 0 Å². The van der Waals surface area contributed by atoms with Gasteiger partial charge in [-0.05, 0) is 13.2 Å². The number of nitrogens with zero attached hydrogens (tertiary/aromatic N) is 1. The molecule has 3 nitrogen and oxygen atoms in total. The minimum Gasteiger partial charge on any atom is -0.388 e. The van der Waals surface area contributed by atoms with Gasteiger partial charge in [0.25, 0.3) is 0 Å². The first kappa shape index (κ1) is 16.0. The Kier molecular flexibility index (Phi) is 5.65. The van der Waals surface area contributed by atoms with E-state index in [9.17, 15) is 5.11 Å². The fourth-order valence-electron chi connectivity index (χ4n) is 1.55. The van der Waals surface area contributed by atoms with Gasteiger partial charge in [-0.3, -0.25) is 0 Å². The molecule has 0 aliphatic heterocycles. The summed E-state index contributed by atoms with van der Waals surface area (Å²) in [6.07, 6.45) is 2.00. The van der Waals surface area contributed by atoms with Gasteiger partial charge in [0.15, 0.2) is 0 Å². The first-order valence-corrected chi connectivity index (χ1v) is 8.39. The lowest BCUT2D eigenvalue weighted by Gasteiger charge is -2.22. The van der Waals surface area contributed by atoms with Crippen molar-refractivity contribution < 1.29 is 5.11 Å². The van der Waals surface area contributed by atoms with E-state index in [0.717, 1.165) is 23.0 Å². The molecule has 0 fully saturated rings. The van der Waals surface area contributed by atoms with Crippen molar-refractivity contribution in [2.45, 2.75) is 45.3 Å². The van der Waals surface area contributed by atoms with E-state index in [1.807, 2.05) is 13.2 Å². The molecule has 0 spiro atoms. The van der Waals surface area contributed by atoms with E-state index >= 15 is 0 Å². The molecule has 2 N–H and O–H groups in total. The van der Waals surface area contributed by atoms with Crippen molar-refractivity contribution in [3.8, 4) is 0 Å². The van der Waals surface area contributed by atoms with Crippen LogP contribution in [0.4, 0.5) is 0 Å². The highest BCUT2D eigenvalue weighted by Gasteiger charge is 2.20. The van der Waals surface area contributed by atoms with Gasteiger partial charge in [-0.15, -0.1) is 11.3 Å². The van der Waals surface area contributed by atoms with Gasteiger partial charge in [-0.1, -0.05) is 20.8 Å². The first-order valence-electron chi connectivity index (χ1n) is 6.11. The molecule has 5 heteroatoms. The van der Waals surface area contributed by atoms with Crippen molar-refractivity contribution in [1.29, 1.82) is 0 Å². The fourth-order valence-corrected chi connectivity index (χ4v) is 3.19. The summed E-state index contributed by atoms with van der Waals surface area (Å²) in [5, 5.41) is 16.6. The van der Waals surface area contributed by atoms with Gasteiger partial charge >= 0.3 is 0 Å². The summed E-state index contributed by atoms with van der Waals surface area (Å²) in [6, 6.07) is 0. The molecule has 1 aromatic rings. The average Bonchev–Trinajstić information content (AvgIpc) is 2.65. The van der Waals surface area contributed by atoms with Gasteiger partial charge in [0, 0.05) is 29.6 Å². The summed E-state index contributed by atoms with van der Waals surface area (Å²) in [6.45, 7) is 9.69. The first-order chi connectivity index (χ1) is 8.24. The molecular formula is C13H24N2OS2. The molecule has 1 rings (SSSR count). The minimum atomic E-state index is -0.651. The van der Waals surface area contributed by atoms with Crippen LogP contribution in [0.15, 0.2) is 5.38 Å². The molecule has 1 atom stereocenters. The Morgan fingerprint density at radius 2 is 2.06 bits per heavy atom. The number of thiazole rings is 1. The number of hydrogen-bond acceptors (Lipinski definition) is 5. The highest BCUT2D eigenvalue weighted by Crippen LogP contribution is 2.25. The van der Waals surface area contributed by atoms with Crippen LogP contribution < -0.4 is 5.32 Å². The molecule has 18 heavy (non-hydrogen) atoms. The zero-order valence-corrected chi connectivity index (χ0v) is 13.5. The molecular weight excluding hydrogens is 264 g/mol. The van der Waals surface area contributed by atoms with Crippen molar-refractivity contribution in [2.24, 2.45) is 0 Å². The summed E-state index contributed by atoms with van der Waals surface area (Å²) in [7, 11) is 0. The number of aromatic nitrogens is 1. The zero-order valence-electron chi connectivity index (χ0n) is 11.9. The topological polar surface area (TPSA) is 45.1 Å². The second kappa shape index (κ2) is 6.37. The van der Waals surface area contributed by atoms with Crippen LogP contribution in [0, 0.1) is 0 Å². The van der Waals surface area contributed by atoms with Crippen LogP contribution >= 0.6 is 23.1 Å². The van der Waals surface area contributed by atoms with E-state index in [4.69, 9.17) is 0 Å². The summed E-state index contributed by atoms with van der Waals surface area (Å²) in [4.78, 5) is 4.62. The molecule has 0 bridgehead atoms. The highest BCUT2D eigenvalue weighted by atomic mass is 32.2. The lowest BCUT2D eigenvalue weighted by molar-refractivity contribution is 0.0845. The normalized spacial score (nSPS) is 15.7. The van der Waals surface area contributed by atoms with E-state index in [0.29, 0.717) is 6.54 Å². The Balaban J connectivity index is 2.43. The van der Waals surface area contributed by atoms with E-state index in [1.54, 1.807) is 23.1 Å². The van der Waals surface area contributed by atoms with Crippen LogP contribution in [-0.2, 0) is 12.0 Å². The third-order valence-corrected chi connectivity index (χ3v) is 4.69. The molecule has 1 aromatic heterocycles. The van der Waals surface area contributed by atoms with E-state index in [1.165, 1.54) is 0 Å². The largest absolute Gasteiger partial charge is 0.388 e. The zero-order chi connectivity index (χ0) is 13.8. The van der Waals surface area contributed by atoms with Gasteiger partial charge < -0.3 is 10.4 Å². The SMILES string of the molecule is CSCC(C)(O)CNCc1csc(C(C)(C)C)n1. The van der Waals surface area contributed by atoms with Crippen molar-refractivity contribution >= 4 is 23.1 Å². The Morgan fingerprint density at radius 1 is 1.39 bits per heavy atom. The van der Waals surface area contributed by atoms with Gasteiger partial charge in [-0.25, -0.2) is 4.98 Å². The fraction of sp³-hybridized carbons (Fsp3) is 0.769. The Morgan fingerprint density at radius 3 is 2.56 bits per heavy atom. The van der Waals surface area contributed by atoms with Crippen molar-refractivity contribution in [3.63, 3.8) is 0 Å². The third kappa shape index (κ3) is 5.26. The van der Waals surface area contributed by atoms with Gasteiger partial charge in [-0.2, -0.15) is 11.8 Å². The Bertz CT molecular complexity index is 369. The standard InChI is InChI=1S/C13H24N2OS2/c1-12(2,3)11-15-10(7-18-11)6-14-8-13(4,16)9-17-5/h7,14,16H,6,8-9H2,1-5H3. The number of aliphatic hydroxyl groups is 1. The molecule has 0 amide bonds. The number of rotatable bonds is 6. The van der Waals surface area contributed by atoms with E-state index in [-0.39, 0.29) is 5.41 Å². The molecule has 0 aromatic carbocycles. The molecule has 0 aliphatic carbocycles. The second-order valence-electron chi connectivity index (χ2n) is 5.93. The lowest BCUT2D eigenvalue weighted by Crippen LogP contribution is -2.39. The van der Waals surface area contributed by atoms with Crippen molar-refractivity contribution in [3.05, 3.63) is 16.1 Å². The molecule has 1 heterocycles. The third-order valence-electron chi connectivity index (χ3n) is 2.46. The predicted molar refractivity (Wildman–Crippen MR) is 81.5 cm³/mol. The van der Waals surface area contributed by atoms with Gasteiger partial charge in [0.2, 0.25) is 0 Å². The summed E-state index contributed by atoms with van der Waals surface area (Å²) >= 11 is 3.37. The van der Waals surface area contributed by atoms with E-state index < -0.39 is 5.60 Å². The molecule has 0 saturated carbocycles. The minimum absolute atomic E-state index is 0.118. The van der Waals surface area contributed by atoms with Crippen LogP contribution in [0.25, 0.3) is 0 Å². The summed E-state index contributed by atoms with van der Waals surface area (Å²) in [5.74, 6) is 0.740. The molecule has 0 saturated heterocycles. The molecule has 0 radical (unpaired) electrons. The molecule has 1 unspecified atom stereocenters. The van der Waals surface area contributed by atoms with Gasteiger partial charge in [0.1, 0.15) is 0 Å².